The third-order valence-electron chi connectivity index (χ3n) is 4.33. The zero-order chi connectivity index (χ0) is 19.2. The van der Waals surface area contributed by atoms with Gasteiger partial charge in [-0.25, -0.2) is 21.5 Å². The number of hydrogen-bond donors (Lipinski definition) is 1. The minimum absolute atomic E-state index is 0.0146. The van der Waals surface area contributed by atoms with Gasteiger partial charge in [-0.1, -0.05) is 11.6 Å². The lowest BCUT2D eigenvalue weighted by atomic mass is 9.97. The summed E-state index contributed by atoms with van der Waals surface area (Å²) in [4.78, 5) is 12.0. The summed E-state index contributed by atoms with van der Waals surface area (Å²) in [6.45, 7) is 0.337. The summed E-state index contributed by atoms with van der Waals surface area (Å²) < 4.78 is 51.6. The number of allylic oxidation sites excluding steroid dienone is 1. The fourth-order valence-electron chi connectivity index (χ4n) is 2.87. The van der Waals surface area contributed by atoms with Crippen LogP contribution in [0.25, 0.3) is 0 Å². The molecule has 5 nitrogen and oxygen atoms in total. The van der Waals surface area contributed by atoms with E-state index in [-0.39, 0.29) is 18.7 Å². The Morgan fingerprint density at radius 3 is 2.62 bits per heavy atom. The Balaban J connectivity index is 1.89. The Morgan fingerprint density at radius 1 is 1.23 bits per heavy atom. The maximum Gasteiger partial charge on any atom is 0.225 e. The average molecular weight is 386 g/mol. The molecule has 1 aromatic carbocycles. The van der Waals surface area contributed by atoms with Crippen molar-refractivity contribution < 1.29 is 22.0 Å². The fourth-order valence-corrected chi connectivity index (χ4v) is 3.72. The van der Waals surface area contributed by atoms with Gasteiger partial charge in [-0.15, -0.1) is 0 Å². The fraction of sp³-hybridized carbons (Fsp3) is 0.500. The Hall–Kier alpha value is -1.80. The number of amides is 1. The van der Waals surface area contributed by atoms with Crippen LogP contribution in [0.5, 0.6) is 0 Å². The predicted octanol–water partition coefficient (Wildman–Crippen LogP) is 3.45. The number of sulfonamides is 1. The third-order valence-corrected chi connectivity index (χ3v) is 5.63. The molecular weight excluding hydrogens is 362 g/mol. The van der Waals surface area contributed by atoms with E-state index in [9.17, 15) is 22.0 Å². The average Bonchev–Trinajstić information content (AvgIpc) is 2.57. The highest BCUT2D eigenvalue weighted by atomic mass is 32.2. The monoisotopic (exact) mass is 386 g/mol. The van der Waals surface area contributed by atoms with Crippen LogP contribution in [0, 0.1) is 11.6 Å². The normalized spacial score (nSPS) is 15.0. The van der Waals surface area contributed by atoms with E-state index < -0.39 is 27.6 Å². The van der Waals surface area contributed by atoms with Crippen molar-refractivity contribution in [3.8, 4) is 0 Å². The second-order valence-electron chi connectivity index (χ2n) is 6.44. The van der Waals surface area contributed by atoms with Crippen LogP contribution in [0.15, 0.2) is 29.8 Å². The van der Waals surface area contributed by atoms with Crippen molar-refractivity contribution in [1.29, 1.82) is 0 Å². The number of nitrogens with one attached hydrogen (secondary N) is 1. The molecule has 0 aromatic heterocycles. The van der Waals surface area contributed by atoms with Crippen LogP contribution >= 0.6 is 0 Å². The summed E-state index contributed by atoms with van der Waals surface area (Å²) in [5.74, 6) is -2.13. The van der Waals surface area contributed by atoms with E-state index >= 15 is 0 Å². The summed E-state index contributed by atoms with van der Waals surface area (Å²) in [6.07, 6.45) is 8.12. The number of carbonyl (C=O) groups excluding carboxylic acids is 1. The summed E-state index contributed by atoms with van der Waals surface area (Å²) >= 11 is 0. The van der Waals surface area contributed by atoms with Crippen molar-refractivity contribution in [2.45, 2.75) is 38.5 Å². The molecule has 1 aliphatic rings. The lowest BCUT2D eigenvalue weighted by Gasteiger charge is -2.21. The Kier molecular flexibility index (Phi) is 7.28. The van der Waals surface area contributed by atoms with Gasteiger partial charge in [0.15, 0.2) is 0 Å². The van der Waals surface area contributed by atoms with Gasteiger partial charge in [0.05, 0.1) is 11.9 Å². The standard InChI is InChI=1S/C18H24F2N2O3S/c1-26(24,25)22(11-9-14-5-3-2-4-6-14)12-10-18(23)21-17-8-7-15(19)13-16(17)20/h5,7-8,13H,2-4,6,9-12H2,1H3,(H,21,23). The number of halogens is 2. The molecule has 0 saturated carbocycles. The van der Waals surface area contributed by atoms with Gasteiger partial charge in [-0.3, -0.25) is 4.79 Å². The molecule has 2 rings (SSSR count). The third kappa shape index (κ3) is 6.49. The quantitative estimate of drug-likeness (QED) is 0.696. The number of hydrogen-bond acceptors (Lipinski definition) is 3. The SMILES string of the molecule is CS(=O)(=O)N(CCC(=O)Nc1ccc(F)cc1F)CCC1=CCCCC1. The van der Waals surface area contributed by atoms with Gasteiger partial charge in [0.1, 0.15) is 11.6 Å². The molecule has 0 heterocycles. The van der Waals surface area contributed by atoms with Crippen LogP contribution in [0.1, 0.15) is 38.5 Å². The highest BCUT2D eigenvalue weighted by molar-refractivity contribution is 7.88. The molecule has 0 atom stereocenters. The molecule has 0 aliphatic heterocycles. The molecule has 0 spiro atoms. The molecule has 0 saturated heterocycles. The predicted molar refractivity (Wildman–Crippen MR) is 97.2 cm³/mol. The number of carbonyl (C=O) groups is 1. The van der Waals surface area contributed by atoms with Crippen LogP contribution in [-0.2, 0) is 14.8 Å². The second kappa shape index (κ2) is 9.23. The topological polar surface area (TPSA) is 66.5 Å². The lowest BCUT2D eigenvalue weighted by Crippen LogP contribution is -2.34. The first-order valence-electron chi connectivity index (χ1n) is 8.63. The van der Waals surface area contributed by atoms with Crippen molar-refractivity contribution in [3.63, 3.8) is 0 Å². The highest BCUT2D eigenvalue weighted by Crippen LogP contribution is 2.21. The van der Waals surface area contributed by atoms with Crippen LogP contribution in [0.2, 0.25) is 0 Å². The number of anilines is 1. The molecule has 26 heavy (non-hydrogen) atoms. The van der Waals surface area contributed by atoms with E-state index in [1.165, 1.54) is 16.3 Å². The summed E-state index contributed by atoms with van der Waals surface area (Å²) in [5.41, 5.74) is 1.12. The molecule has 1 N–H and O–H groups in total. The molecule has 8 heteroatoms. The molecule has 0 bridgehead atoms. The molecule has 0 radical (unpaired) electrons. The van der Waals surface area contributed by atoms with Gasteiger partial charge in [0, 0.05) is 25.6 Å². The van der Waals surface area contributed by atoms with E-state index in [2.05, 4.69) is 11.4 Å². The minimum Gasteiger partial charge on any atom is -0.324 e. The first kappa shape index (κ1) is 20.5. The highest BCUT2D eigenvalue weighted by Gasteiger charge is 2.19. The summed E-state index contributed by atoms with van der Waals surface area (Å²) in [7, 11) is -3.45. The van der Waals surface area contributed by atoms with Crippen LogP contribution < -0.4 is 5.32 Å². The molecular formula is C18H24F2N2O3S. The lowest BCUT2D eigenvalue weighted by molar-refractivity contribution is -0.116. The number of benzene rings is 1. The van der Waals surface area contributed by atoms with Crippen molar-refractivity contribution in [1.82, 2.24) is 4.31 Å². The molecule has 1 amide bonds. The first-order chi connectivity index (χ1) is 12.3. The van der Waals surface area contributed by atoms with E-state index in [0.29, 0.717) is 19.0 Å². The van der Waals surface area contributed by atoms with Crippen molar-refractivity contribution in [2.24, 2.45) is 0 Å². The van der Waals surface area contributed by atoms with Crippen molar-refractivity contribution in [2.75, 3.05) is 24.7 Å². The van der Waals surface area contributed by atoms with Gasteiger partial charge >= 0.3 is 0 Å². The summed E-state index contributed by atoms with van der Waals surface area (Å²) in [6, 6.07) is 2.85. The van der Waals surface area contributed by atoms with E-state index in [4.69, 9.17) is 0 Å². The van der Waals surface area contributed by atoms with Crippen LogP contribution in [0.4, 0.5) is 14.5 Å². The minimum atomic E-state index is -3.45. The maximum absolute atomic E-state index is 13.6. The number of nitrogens with zero attached hydrogens (tertiary/aromatic N) is 1. The van der Waals surface area contributed by atoms with E-state index in [0.717, 1.165) is 37.7 Å². The van der Waals surface area contributed by atoms with E-state index in [1.807, 2.05) is 0 Å². The molecule has 0 fully saturated rings. The van der Waals surface area contributed by atoms with Gasteiger partial charge in [-0.2, -0.15) is 0 Å². The molecule has 144 valence electrons. The molecule has 1 aliphatic carbocycles. The van der Waals surface area contributed by atoms with Crippen molar-refractivity contribution >= 4 is 21.6 Å². The Bertz CT molecular complexity index is 779. The zero-order valence-corrected chi connectivity index (χ0v) is 15.6. The van der Waals surface area contributed by atoms with Crippen molar-refractivity contribution in [3.05, 3.63) is 41.5 Å². The van der Waals surface area contributed by atoms with Gasteiger partial charge in [0.25, 0.3) is 0 Å². The largest absolute Gasteiger partial charge is 0.324 e. The van der Waals surface area contributed by atoms with Crippen LogP contribution in [0.3, 0.4) is 0 Å². The Morgan fingerprint density at radius 2 is 2.00 bits per heavy atom. The van der Waals surface area contributed by atoms with Gasteiger partial charge in [0.2, 0.25) is 15.9 Å². The Labute approximate surface area is 153 Å². The van der Waals surface area contributed by atoms with Gasteiger partial charge < -0.3 is 5.32 Å². The molecule has 0 unspecified atom stereocenters. The van der Waals surface area contributed by atoms with Gasteiger partial charge in [-0.05, 0) is 44.2 Å². The summed E-state index contributed by atoms with van der Waals surface area (Å²) in [5, 5.41) is 2.34. The second-order valence-corrected chi connectivity index (χ2v) is 8.42. The first-order valence-corrected chi connectivity index (χ1v) is 10.5. The maximum atomic E-state index is 13.6. The van der Waals surface area contributed by atoms with E-state index in [1.54, 1.807) is 0 Å². The van der Waals surface area contributed by atoms with Crippen LogP contribution in [-0.4, -0.2) is 38.0 Å². The zero-order valence-electron chi connectivity index (χ0n) is 14.8. The smallest absolute Gasteiger partial charge is 0.225 e. The number of rotatable bonds is 8. The molecule has 1 aromatic rings.